The van der Waals surface area contributed by atoms with E-state index in [-0.39, 0.29) is 12.5 Å². The highest BCUT2D eigenvalue weighted by molar-refractivity contribution is 6.04. The summed E-state index contributed by atoms with van der Waals surface area (Å²) in [6, 6.07) is 9.24. The smallest absolute Gasteiger partial charge is 0.418 e. The molecule has 0 spiro atoms. The Morgan fingerprint density at radius 3 is 2.48 bits per heavy atom. The van der Waals surface area contributed by atoms with E-state index in [2.05, 4.69) is 0 Å². The Kier molecular flexibility index (Phi) is 4.88. The van der Waals surface area contributed by atoms with Crippen LogP contribution in [0.4, 0.5) is 4.79 Å². The number of rotatable bonds is 6. The largest absolute Gasteiger partial charge is 0.492 e. The zero-order valence-corrected chi connectivity index (χ0v) is 13.4. The predicted octanol–water partition coefficient (Wildman–Crippen LogP) is 1.28. The lowest BCUT2D eigenvalue weighted by Gasteiger charge is -2.20. The van der Waals surface area contributed by atoms with Crippen molar-refractivity contribution >= 4 is 17.9 Å². The molecule has 1 aliphatic rings. The Labute approximate surface area is 134 Å². The van der Waals surface area contributed by atoms with Crippen LogP contribution in [0, 0.1) is 0 Å². The van der Waals surface area contributed by atoms with Crippen LogP contribution in [0.25, 0.3) is 0 Å². The first kappa shape index (κ1) is 16.8. The molecule has 7 heteroatoms. The van der Waals surface area contributed by atoms with Gasteiger partial charge in [0.05, 0.1) is 6.54 Å². The lowest BCUT2D eigenvalue weighted by Crippen LogP contribution is -2.44. The molecule has 0 saturated carbocycles. The molecule has 0 radical (unpaired) electrons. The summed E-state index contributed by atoms with van der Waals surface area (Å²) in [6.07, 6.45) is -0.790. The van der Waals surface area contributed by atoms with Gasteiger partial charge in [-0.05, 0) is 26.0 Å². The number of cyclic esters (lactones) is 1. The predicted molar refractivity (Wildman–Crippen MR) is 81.8 cm³/mol. The van der Waals surface area contributed by atoms with Crippen molar-refractivity contribution in [2.24, 2.45) is 0 Å². The van der Waals surface area contributed by atoms with Gasteiger partial charge in [0, 0.05) is 7.05 Å². The summed E-state index contributed by atoms with van der Waals surface area (Å²) >= 11 is 0. The van der Waals surface area contributed by atoms with Gasteiger partial charge in [0.15, 0.2) is 5.60 Å². The summed E-state index contributed by atoms with van der Waals surface area (Å²) in [4.78, 5) is 38.0. The number of nitrogens with zero attached hydrogens (tertiary/aromatic N) is 2. The number of likely N-dealkylation sites (N-methyl/N-ethyl adjacent to an activating group) is 1. The van der Waals surface area contributed by atoms with Crippen LogP contribution in [0.2, 0.25) is 0 Å². The number of imide groups is 1. The second-order valence-corrected chi connectivity index (χ2v) is 5.75. The van der Waals surface area contributed by atoms with E-state index in [0.717, 1.165) is 4.90 Å². The van der Waals surface area contributed by atoms with Crippen LogP contribution in [0.3, 0.4) is 0 Å². The van der Waals surface area contributed by atoms with E-state index in [9.17, 15) is 14.4 Å². The normalized spacial score (nSPS) is 16.2. The molecule has 0 N–H and O–H groups in total. The van der Waals surface area contributed by atoms with Crippen molar-refractivity contribution in [2.45, 2.75) is 19.4 Å². The minimum absolute atomic E-state index is 0.316. The molecule has 1 heterocycles. The third-order valence-electron chi connectivity index (χ3n) is 3.48. The van der Waals surface area contributed by atoms with Crippen molar-refractivity contribution in [2.75, 3.05) is 26.7 Å². The first-order valence-corrected chi connectivity index (χ1v) is 7.28. The van der Waals surface area contributed by atoms with Gasteiger partial charge in [-0.1, -0.05) is 18.2 Å². The molecule has 3 amide bonds. The van der Waals surface area contributed by atoms with Gasteiger partial charge in [-0.3, -0.25) is 9.59 Å². The van der Waals surface area contributed by atoms with E-state index in [1.807, 2.05) is 30.3 Å². The SMILES string of the molecule is CN(CCOc1ccccc1)C(=O)CN1C(=O)OC(C)(C)C1=O. The highest BCUT2D eigenvalue weighted by atomic mass is 16.6. The maximum absolute atomic E-state index is 12.1. The topological polar surface area (TPSA) is 76.2 Å². The first-order valence-electron chi connectivity index (χ1n) is 7.28. The zero-order chi connectivity index (χ0) is 17.0. The minimum Gasteiger partial charge on any atom is -0.492 e. The van der Waals surface area contributed by atoms with Gasteiger partial charge < -0.3 is 14.4 Å². The van der Waals surface area contributed by atoms with Gasteiger partial charge in [-0.2, -0.15) is 0 Å². The van der Waals surface area contributed by atoms with Crippen LogP contribution in [0.15, 0.2) is 30.3 Å². The van der Waals surface area contributed by atoms with Crippen molar-refractivity contribution in [3.63, 3.8) is 0 Å². The van der Waals surface area contributed by atoms with Crippen molar-refractivity contribution in [3.8, 4) is 5.75 Å². The Morgan fingerprint density at radius 1 is 1.26 bits per heavy atom. The highest BCUT2D eigenvalue weighted by Gasteiger charge is 2.47. The average Bonchev–Trinajstić information content (AvgIpc) is 2.70. The quantitative estimate of drug-likeness (QED) is 0.789. The standard InChI is InChI=1S/C16H20N2O5/c1-16(2)14(20)18(15(21)23-16)11-13(19)17(3)9-10-22-12-7-5-4-6-8-12/h4-8H,9-11H2,1-3H3. The first-order chi connectivity index (χ1) is 10.8. The van der Waals surface area contributed by atoms with Crippen LogP contribution in [-0.2, 0) is 14.3 Å². The van der Waals surface area contributed by atoms with Crippen LogP contribution < -0.4 is 4.74 Å². The van der Waals surface area contributed by atoms with E-state index >= 15 is 0 Å². The van der Waals surface area contributed by atoms with Crippen LogP contribution in [0.5, 0.6) is 5.75 Å². The molecule has 1 fully saturated rings. The molecular weight excluding hydrogens is 300 g/mol. The highest BCUT2D eigenvalue weighted by Crippen LogP contribution is 2.23. The summed E-state index contributed by atoms with van der Waals surface area (Å²) in [6.45, 7) is 3.32. The fourth-order valence-electron chi connectivity index (χ4n) is 2.06. The molecular formula is C16H20N2O5. The number of carbonyl (C=O) groups excluding carboxylic acids is 3. The molecule has 1 aliphatic heterocycles. The van der Waals surface area contributed by atoms with Crippen LogP contribution >= 0.6 is 0 Å². The lowest BCUT2D eigenvalue weighted by atomic mass is 10.1. The van der Waals surface area contributed by atoms with Crippen molar-refractivity contribution < 1.29 is 23.9 Å². The minimum atomic E-state index is -1.22. The van der Waals surface area contributed by atoms with Crippen molar-refractivity contribution in [1.29, 1.82) is 0 Å². The van der Waals surface area contributed by atoms with Gasteiger partial charge in [0.1, 0.15) is 18.9 Å². The Bertz CT molecular complexity index is 600. The molecule has 1 aromatic rings. The summed E-state index contributed by atoms with van der Waals surface area (Å²) in [5, 5.41) is 0. The third-order valence-corrected chi connectivity index (χ3v) is 3.48. The molecule has 0 bridgehead atoms. The van der Waals surface area contributed by atoms with Crippen molar-refractivity contribution in [1.82, 2.24) is 9.80 Å². The van der Waals surface area contributed by atoms with Gasteiger partial charge in [0.25, 0.3) is 5.91 Å². The molecule has 1 aromatic carbocycles. The Hall–Kier alpha value is -2.57. The monoisotopic (exact) mass is 320 g/mol. The number of ether oxygens (including phenoxy) is 2. The summed E-state index contributed by atoms with van der Waals surface area (Å²) in [5.74, 6) is -0.150. The van der Waals surface area contributed by atoms with E-state index in [4.69, 9.17) is 9.47 Å². The molecule has 7 nitrogen and oxygen atoms in total. The summed E-state index contributed by atoms with van der Waals surface area (Å²) < 4.78 is 10.4. The second-order valence-electron chi connectivity index (χ2n) is 5.75. The van der Waals surface area contributed by atoms with Crippen LogP contribution in [0.1, 0.15) is 13.8 Å². The number of hydrogen-bond acceptors (Lipinski definition) is 5. The average molecular weight is 320 g/mol. The number of hydrogen-bond donors (Lipinski definition) is 0. The molecule has 0 unspecified atom stereocenters. The van der Waals surface area contributed by atoms with Crippen LogP contribution in [-0.4, -0.2) is 60.1 Å². The summed E-state index contributed by atoms with van der Waals surface area (Å²) in [7, 11) is 1.59. The second kappa shape index (κ2) is 6.68. The van der Waals surface area contributed by atoms with Gasteiger partial charge in [-0.25, -0.2) is 9.69 Å². The fourth-order valence-corrected chi connectivity index (χ4v) is 2.06. The van der Waals surface area contributed by atoms with E-state index in [0.29, 0.717) is 18.9 Å². The number of amides is 3. The molecule has 23 heavy (non-hydrogen) atoms. The number of benzene rings is 1. The molecule has 0 atom stereocenters. The van der Waals surface area contributed by atoms with Gasteiger partial charge in [0.2, 0.25) is 5.91 Å². The van der Waals surface area contributed by atoms with E-state index < -0.39 is 17.6 Å². The molecule has 0 aliphatic carbocycles. The maximum atomic E-state index is 12.1. The molecule has 1 saturated heterocycles. The van der Waals surface area contributed by atoms with Gasteiger partial charge >= 0.3 is 6.09 Å². The van der Waals surface area contributed by atoms with Gasteiger partial charge in [-0.15, -0.1) is 0 Å². The molecule has 2 rings (SSSR count). The summed E-state index contributed by atoms with van der Waals surface area (Å²) in [5.41, 5.74) is -1.22. The number of carbonyl (C=O) groups is 3. The number of para-hydroxylation sites is 1. The van der Waals surface area contributed by atoms with E-state index in [1.165, 1.54) is 18.7 Å². The molecule has 0 aromatic heterocycles. The lowest BCUT2D eigenvalue weighted by molar-refractivity contribution is -0.139. The molecule has 124 valence electrons. The van der Waals surface area contributed by atoms with Crippen molar-refractivity contribution in [3.05, 3.63) is 30.3 Å². The zero-order valence-electron chi connectivity index (χ0n) is 13.4. The van der Waals surface area contributed by atoms with E-state index in [1.54, 1.807) is 7.05 Å². The fraction of sp³-hybridized carbons (Fsp3) is 0.438. The Morgan fingerprint density at radius 2 is 1.91 bits per heavy atom. The maximum Gasteiger partial charge on any atom is 0.418 e. The third kappa shape index (κ3) is 4.00. The Balaban J connectivity index is 1.81.